The molecule has 0 aliphatic carbocycles. The summed E-state index contributed by atoms with van der Waals surface area (Å²) in [6.45, 7) is 7.16. The third-order valence-electron chi connectivity index (χ3n) is 4.17. The van der Waals surface area contributed by atoms with E-state index in [2.05, 4.69) is 17.1 Å². The smallest absolute Gasteiger partial charge is 0.146 e. The lowest BCUT2D eigenvalue weighted by Crippen LogP contribution is -2.28. The zero-order valence-electron chi connectivity index (χ0n) is 13.2. The lowest BCUT2D eigenvalue weighted by molar-refractivity contribution is 0.0481. The third-order valence-corrected chi connectivity index (χ3v) is 4.17. The molecule has 1 saturated heterocycles. The van der Waals surface area contributed by atoms with Gasteiger partial charge in [-0.05, 0) is 56.8 Å². The standard InChI is InChI=1S/C17H27FN2O/c1-3-9-19-13-14-5-6-16(15(18)12-14)20-10-4-7-17(2,21)8-11-20/h5-6,12,19,21H,3-4,7-11,13H2,1-2H3. The summed E-state index contributed by atoms with van der Waals surface area (Å²) in [7, 11) is 0. The van der Waals surface area contributed by atoms with E-state index in [0.717, 1.165) is 37.9 Å². The Morgan fingerprint density at radius 3 is 2.86 bits per heavy atom. The number of benzene rings is 1. The molecular formula is C17H27FN2O. The highest BCUT2D eigenvalue weighted by Gasteiger charge is 2.25. The van der Waals surface area contributed by atoms with Crippen molar-refractivity contribution < 1.29 is 9.50 Å². The van der Waals surface area contributed by atoms with Crippen LogP contribution in [-0.2, 0) is 6.54 Å². The quantitative estimate of drug-likeness (QED) is 0.819. The summed E-state index contributed by atoms with van der Waals surface area (Å²) in [6.07, 6.45) is 3.44. The molecule has 1 unspecified atom stereocenters. The first-order valence-corrected chi connectivity index (χ1v) is 7.98. The topological polar surface area (TPSA) is 35.5 Å². The molecular weight excluding hydrogens is 267 g/mol. The van der Waals surface area contributed by atoms with Crippen LogP contribution >= 0.6 is 0 Å². The van der Waals surface area contributed by atoms with E-state index in [-0.39, 0.29) is 5.82 Å². The molecule has 1 aliphatic rings. The van der Waals surface area contributed by atoms with Gasteiger partial charge >= 0.3 is 0 Å². The van der Waals surface area contributed by atoms with Crippen LogP contribution in [0.4, 0.5) is 10.1 Å². The van der Waals surface area contributed by atoms with Crippen molar-refractivity contribution in [1.29, 1.82) is 0 Å². The molecule has 4 heteroatoms. The highest BCUT2D eigenvalue weighted by Crippen LogP contribution is 2.27. The van der Waals surface area contributed by atoms with Gasteiger partial charge in [0.05, 0.1) is 11.3 Å². The molecule has 0 aromatic heterocycles. The first-order chi connectivity index (χ1) is 10.0. The molecule has 1 aliphatic heterocycles. The van der Waals surface area contributed by atoms with Gasteiger partial charge in [-0.3, -0.25) is 0 Å². The fourth-order valence-corrected chi connectivity index (χ4v) is 2.83. The maximum Gasteiger partial charge on any atom is 0.146 e. The van der Waals surface area contributed by atoms with Crippen molar-refractivity contribution in [3.05, 3.63) is 29.6 Å². The number of aliphatic hydroxyl groups is 1. The number of hydrogen-bond donors (Lipinski definition) is 2. The van der Waals surface area contributed by atoms with Crippen molar-refractivity contribution in [2.45, 2.75) is 51.7 Å². The number of rotatable bonds is 5. The molecule has 0 amide bonds. The first kappa shape index (κ1) is 16.2. The van der Waals surface area contributed by atoms with Crippen LogP contribution in [0, 0.1) is 5.82 Å². The molecule has 1 fully saturated rings. The molecule has 0 saturated carbocycles. The average molecular weight is 294 g/mol. The van der Waals surface area contributed by atoms with Gasteiger partial charge < -0.3 is 15.3 Å². The molecule has 1 aromatic carbocycles. The zero-order chi connectivity index (χ0) is 15.3. The van der Waals surface area contributed by atoms with Crippen LogP contribution in [-0.4, -0.2) is 30.3 Å². The maximum atomic E-state index is 14.3. The SMILES string of the molecule is CCCNCc1ccc(N2CCCC(C)(O)CC2)c(F)c1. The van der Waals surface area contributed by atoms with Gasteiger partial charge in [0.25, 0.3) is 0 Å². The van der Waals surface area contributed by atoms with Gasteiger partial charge in [0.2, 0.25) is 0 Å². The monoisotopic (exact) mass is 294 g/mol. The fraction of sp³-hybridized carbons (Fsp3) is 0.647. The second-order valence-electron chi connectivity index (χ2n) is 6.30. The summed E-state index contributed by atoms with van der Waals surface area (Å²) in [6, 6.07) is 5.49. The van der Waals surface area contributed by atoms with E-state index in [0.29, 0.717) is 25.2 Å². The Kier molecular flexibility index (Phi) is 5.59. The average Bonchev–Trinajstić information content (AvgIpc) is 2.60. The van der Waals surface area contributed by atoms with Gasteiger partial charge in [-0.2, -0.15) is 0 Å². The minimum absolute atomic E-state index is 0.160. The highest BCUT2D eigenvalue weighted by molar-refractivity contribution is 5.49. The van der Waals surface area contributed by atoms with Crippen molar-refractivity contribution in [3.8, 4) is 0 Å². The Hall–Kier alpha value is -1.13. The van der Waals surface area contributed by atoms with Gasteiger partial charge in [-0.25, -0.2) is 4.39 Å². The molecule has 1 heterocycles. The highest BCUT2D eigenvalue weighted by atomic mass is 19.1. The number of nitrogens with one attached hydrogen (secondary N) is 1. The van der Waals surface area contributed by atoms with Crippen molar-refractivity contribution in [1.82, 2.24) is 5.32 Å². The molecule has 3 nitrogen and oxygen atoms in total. The summed E-state index contributed by atoms with van der Waals surface area (Å²) in [5.74, 6) is -0.160. The van der Waals surface area contributed by atoms with Crippen molar-refractivity contribution in [3.63, 3.8) is 0 Å². The predicted molar refractivity (Wildman–Crippen MR) is 85.1 cm³/mol. The summed E-state index contributed by atoms with van der Waals surface area (Å²) < 4.78 is 14.3. The summed E-state index contributed by atoms with van der Waals surface area (Å²) in [5, 5.41) is 13.4. The lowest BCUT2D eigenvalue weighted by Gasteiger charge is -2.25. The van der Waals surface area contributed by atoms with Crippen molar-refractivity contribution in [2.24, 2.45) is 0 Å². The molecule has 0 bridgehead atoms. The Bertz CT molecular complexity index is 462. The number of hydrogen-bond acceptors (Lipinski definition) is 3. The van der Waals surface area contributed by atoms with E-state index < -0.39 is 5.60 Å². The van der Waals surface area contributed by atoms with E-state index in [1.165, 1.54) is 0 Å². The Balaban J connectivity index is 2.03. The van der Waals surface area contributed by atoms with Gasteiger partial charge in [-0.1, -0.05) is 13.0 Å². The normalized spacial score (nSPS) is 23.1. The van der Waals surface area contributed by atoms with E-state index in [1.54, 1.807) is 6.07 Å². The molecule has 118 valence electrons. The summed E-state index contributed by atoms with van der Waals surface area (Å²) in [4.78, 5) is 2.06. The Morgan fingerprint density at radius 1 is 1.33 bits per heavy atom. The Morgan fingerprint density at radius 2 is 2.14 bits per heavy atom. The second-order valence-corrected chi connectivity index (χ2v) is 6.30. The maximum absolute atomic E-state index is 14.3. The fourth-order valence-electron chi connectivity index (χ4n) is 2.83. The Labute approximate surface area is 127 Å². The third kappa shape index (κ3) is 4.68. The van der Waals surface area contributed by atoms with Crippen LogP contribution in [0.25, 0.3) is 0 Å². The summed E-state index contributed by atoms with van der Waals surface area (Å²) >= 11 is 0. The van der Waals surface area contributed by atoms with Gasteiger partial charge in [0.15, 0.2) is 0 Å². The van der Waals surface area contributed by atoms with Crippen LogP contribution in [0.1, 0.15) is 45.1 Å². The van der Waals surface area contributed by atoms with E-state index in [9.17, 15) is 9.50 Å². The van der Waals surface area contributed by atoms with Gasteiger partial charge in [0.1, 0.15) is 5.82 Å². The predicted octanol–water partition coefficient (Wildman–Crippen LogP) is 3.07. The van der Waals surface area contributed by atoms with Crippen LogP contribution in [0.5, 0.6) is 0 Å². The molecule has 2 rings (SSSR count). The van der Waals surface area contributed by atoms with E-state index >= 15 is 0 Å². The molecule has 2 N–H and O–H groups in total. The van der Waals surface area contributed by atoms with Crippen molar-refractivity contribution in [2.75, 3.05) is 24.5 Å². The zero-order valence-corrected chi connectivity index (χ0v) is 13.2. The van der Waals surface area contributed by atoms with E-state index in [1.807, 2.05) is 19.1 Å². The minimum atomic E-state index is -0.616. The van der Waals surface area contributed by atoms with Crippen LogP contribution < -0.4 is 10.2 Å². The van der Waals surface area contributed by atoms with Crippen molar-refractivity contribution >= 4 is 5.69 Å². The largest absolute Gasteiger partial charge is 0.390 e. The van der Waals surface area contributed by atoms with Crippen LogP contribution in [0.2, 0.25) is 0 Å². The van der Waals surface area contributed by atoms with Gasteiger partial charge in [0, 0.05) is 19.6 Å². The first-order valence-electron chi connectivity index (χ1n) is 7.98. The molecule has 0 spiro atoms. The second kappa shape index (κ2) is 7.23. The molecule has 0 radical (unpaired) electrons. The van der Waals surface area contributed by atoms with Crippen LogP contribution in [0.3, 0.4) is 0 Å². The van der Waals surface area contributed by atoms with Gasteiger partial charge in [-0.15, -0.1) is 0 Å². The molecule has 1 atom stereocenters. The molecule has 1 aromatic rings. The number of halogens is 1. The summed E-state index contributed by atoms with van der Waals surface area (Å²) in [5.41, 5.74) is 1.02. The minimum Gasteiger partial charge on any atom is -0.390 e. The number of nitrogens with zero attached hydrogens (tertiary/aromatic N) is 1. The van der Waals surface area contributed by atoms with E-state index in [4.69, 9.17) is 0 Å². The molecule has 21 heavy (non-hydrogen) atoms. The lowest BCUT2D eigenvalue weighted by atomic mass is 9.98. The van der Waals surface area contributed by atoms with Crippen LogP contribution in [0.15, 0.2) is 18.2 Å². The number of anilines is 1.